The van der Waals surface area contributed by atoms with Crippen molar-refractivity contribution < 1.29 is 19.0 Å². The van der Waals surface area contributed by atoms with Crippen molar-refractivity contribution in [2.45, 2.75) is 6.23 Å². The number of aromatic hydroxyl groups is 1. The molecule has 5 heteroatoms. The second-order valence-corrected chi connectivity index (χ2v) is 2.25. The SMILES string of the molecule is NC(O)c1ccc(O)c(F)c1F. The van der Waals surface area contributed by atoms with E-state index < -0.39 is 23.6 Å². The summed E-state index contributed by atoms with van der Waals surface area (Å²) in [7, 11) is 0. The Kier molecular flexibility index (Phi) is 2.25. The highest BCUT2D eigenvalue weighted by Gasteiger charge is 2.15. The van der Waals surface area contributed by atoms with Crippen LogP contribution in [0.25, 0.3) is 0 Å². The Morgan fingerprint density at radius 1 is 1.25 bits per heavy atom. The molecule has 1 rings (SSSR count). The topological polar surface area (TPSA) is 66.5 Å². The third-order valence-corrected chi connectivity index (χ3v) is 1.41. The summed E-state index contributed by atoms with van der Waals surface area (Å²) >= 11 is 0. The highest BCUT2D eigenvalue weighted by atomic mass is 19.2. The number of hydrogen-bond donors (Lipinski definition) is 3. The number of aliphatic hydroxyl groups excluding tert-OH is 1. The molecule has 0 radical (unpaired) electrons. The Hall–Kier alpha value is -1.20. The molecule has 12 heavy (non-hydrogen) atoms. The van der Waals surface area contributed by atoms with E-state index in [1.54, 1.807) is 0 Å². The summed E-state index contributed by atoms with van der Waals surface area (Å²) < 4.78 is 25.3. The minimum atomic E-state index is -1.58. The van der Waals surface area contributed by atoms with E-state index in [4.69, 9.17) is 15.9 Å². The van der Waals surface area contributed by atoms with E-state index in [9.17, 15) is 8.78 Å². The van der Waals surface area contributed by atoms with Gasteiger partial charge >= 0.3 is 0 Å². The van der Waals surface area contributed by atoms with E-state index in [-0.39, 0.29) is 5.56 Å². The van der Waals surface area contributed by atoms with Crippen molar-refractivity contribution in [3.05, 3.63) is 29.3 Å². The predicted octanol–water partition coefficient (Wildman–Crippen LogP) is 0.620. The maximum absolute atomic E-state index is 12.7. The van der Waals surface area contributed by atoms with Crippen LogP contribution < -0.4 is 5.73 Å². The lowest BCUT2D eigenvalue weighted by Crippen LogP contribution is -2.11. The van der Waals surface area contributed by atoms with E-state index in [0.29, 0.717) is 0 Å². The van der Waals surface area contributed by atoms with Crippen LogP contribution in [-0.2, 0) is 0 Å². The normalized spacial score (nSPS) is 13.0. The second-order valence-electron chi connectivity index (χ2n) is 2.25. The lowest BCUT2D eigenvalue weighted by Gasteiger charge is -2.06. The molecule has 0 spiro atoms. The smallest absolute Gasteiger partial charge is 0.200 e. The lowest BCUT2D eigenvalue weighted by molar-refractivity contribution is 0.179. The van der Waals surface area contributed by atoms with Crippen molar-refractivity contribution in [1.82, 2.24) is 0 Å². The third kappa shape index (κ3) is 1.37. The molecule has 1 unspecified atom stereocenters. The van der Waals surface area contributed by atoms with Crippen LogP contribution in [0.3, 0.4) is 0 Å². The fourth-order valence-corrected chi connectivity index (χ4v) is 0.783. The summed E-state index contributed by atoms with van der Waals surface area (Å²) in [6.07, 6.45) is -1.58. The molecule has 0 bridgehead atoms. The number of hydrogen-bond acceptors (Lipinski definition) is 3. The van der Waals surface area contributed by atoms with Crippen molar-refractivity contribution in [3.8, 4) is 5.75 Å². The maximum Gasteiger partial charge on any atom is 0.200 e. The molecule has 3 nitrogen and oxygen atoms in total. The molecular weight excluding hydrogens is 168 g/mol. The number of halogens is 2. The largest absolute Gasteiger partial charge is 0.505 e. The van der Waals surface area contributed by atoms with E-state index in [1.165, 1.54) is 0 Å². The maximum atomic E-state index is 12.7. The molecule has 66 valence electrons. The minimum Gasteiger partial charge on any atom is -0.505 e. The number of phenols is 1. The van der Waals surface area contributed by atoms with Crippen LogP contribution in [0.2, 0.25) is 0 Å². The average Bonchev–Trinajstić information content (AvgIpc) is 2.00. The van der Waals surface area contributed by atoms with Crippen LogP contribution in [0.5, 0.6) is 5.75 Å². The van der Waals surface area contributed by atoms with Crippen LogP contribution in [0.15, 0.2) is 12.1 Å². The Bertz CT molecular complexity index is 302. The zero-order chi connectivity index (χ0) is 9.30. The van der Waals surface area contributed by atoms with Gasteiger partial charge in [-0.2, -0.15) is 4.39 Å². The van der Waals surface area contributed by atoms with Gasteiger partial charge in [0.05, 0.1) is 0 Å². The summed E-state index contributed by atoms with van der Waals surface area (Å²) in [4.78, 5) is 0. The fourth-order valence-electron chi connectivity index (χ4n) is 0.783. The van der Waals surface area contributed by atoms with E-state index in [0.717, 1.165) is 12.1 Å². The molecule has 1 atom stereocenters. The number of phenolic OH excluding ortho intramolecular Hbond substituents is 1. The van der Waals surface area contributed by atoms with Gasteiger partial charge in [0.1, 0.15) is 6.23 Å². The first-order chi connectivity index (χ1) is 5.54. The highest BCUT2D eigenvalue weighted by Crippen LogP contribution is 2.23. The number of nitrogens with two attached hydrogens (primary N) is 1. The molecule has 1 aromatic rings. The van der Waals surface area contributed by atoms with Gasteiger partial charge < -0.3 is 15.9 Å². The molecular formula is C7H7F2NO2. The third-order valence-electron chi connectivity index (χ3n) is 1.41. The monoisotopic (exact) mass is 175 g/mol. The summed E-state index contributed by atoms with van der Waals surface area (Å²) in [5.41, 5.74) is 4.52. The van der Waals surface area contributed by atoms with Crippen molar-refractivity contribution in [1.29, 1.82) is 0 Å². The van der Waals surface area contributed by atoms with Crippen molar-refractivity contribution >= 4 is 0 Å². The quantitative estimate of drug-likeness (QED) is 0.548. The van der Waals surface area contributed by atoms with Crippen LogP contribution in [-0.4, -0.2) is 10.2 Å². The van der Waals surface area contributed by atoms with Gasteiger partial charge in [0.25, 0.3) is 0 Å². The minimum absolute atomic E-state index is 0.384. The molecule has 4 N–H and O–H groups in total. The molecule has 0 saturated heterocycles. The fraction of sp³-hybridized carbons (Fsp3) is 0.143. The van der Waals surface area contributed by atoms with Crippen molar-refractivity contribution in [2.24, 2.45) is 5.73 Å². The van der Waals surface area contributed by atoms with E-state index in [1.807, 2.05) is 0 Å². The molecule has 0 aliphatic carbocycles. The molecule has 0 heterocycles. The summed E-state index contributed by atoms with van der Waals surface area (Å²) in [5, 5.41) is 17.4. The summed E-state index contributed by atoms with van der Waals surface area (Å²) in [6, 6.07) is 1.93. The summed E-state index contributed by atoms with van der Waals surface area (Å²) in [6.45, 7) is 0. The number of benzene rings is 1. The lowest BCUT2D eigenvalue weighted by atomic mass is 10.1. The van der Waals surface area contributed by atoms with Gasteiger partial charge in [-0.3, -0.25) is 0 Å². The van der Waals surface area contributed by atoms with Crippen LogP contribution >= 0.6 is 0 Å². The first-order valence-corrected chi connectivity index (χ1v) is 3.14. The van der Waals surface area contributed by atoms with Gasteiger partial charge in [-0.05, 0) is 12.1 Å². The van der Waals surface area contributed by atoms with E-state index in [2.05, 4.69) is 0 Å². The van der Waals surface area contributed by atoms with Gasteiger partial charge in [-0.1, -0.05) is 0 Å². The second kappa shape index (κ2) is 3.04. The predicted molar refractivity (Wildman–Crippen MR) is 37.2 cm³/mol. The van der Waals surface area contributed by atoms with Crippen LogP contribution in [0.1, 0.15) is 11.8 Å². The first-order valence-electron chi connectivity index (χ1n) is 3.14. The molecule has 0 fully saturated rings. The van der Waals surface area contributed by atoms with E-state index >= 15 is 0 Å². The molecule has 1 aromatic carbocycles. The first kappa shape index (κ1) is 8.89. The molecule has 0 aliphatic rings. The highest BCUT2D eigenvalue weighted by molar-refractivity contribution is 5.30. The van der Waals surface area contributed by atoms with Crippen LogP contribution in [0.4, 0.5) is 8.78 Å². The number of aliphatic hydroxyl groups is 1. The summed E-state index contributed by atoms with van der Waals surface area (Å²) in [5.74, 6) is -3.54. The average molecular weight is 175 g/mol. The Morgan fingerprint density at radius 2 is 1.83 bits per heavy atom. The molecule has 0 saturated carbocycles. The zero-order valence-corrected chi connectivity index (χ0v) is 5.96. The molecule has 0 aromatic heterocycles. The Balaban J connectivity index is 3.27. The van der Waals surface area contributed by atoms with Crippen molar-refractivity contribution in [3.63, 3.8) is 0 Å². The Labute approximate surface area is 67.1 Å². The van der Waals surface area contributed by atoms with Gasteiger partial charge in [0.15, 0.2) is 11.6 Å². The Morgan fingerprint density at radius 3 is 2.33 bits per heavy atom. The van der Waals surface area contributed by atoms with Gasteiger partial charge in [-0.15, -0.1) is 0 Å². The van der Waals surface area contributed by atoms with Gasteiger partial charge in [0.2, 0.25) is 5.82 Å². The van der Waals surface area contributed by atoms with Crippen molar-refractivity contribution in [2.75, 3.05) is 0 Å². The van der Waals surface area contributed by atoms with Crippen LogP contribution in [0, 0.1) is 11.6 Å². The zero-order valence-electron chi connectivity index (χ0n) is 5.96. The number of rotatable bonds is 1. The van der Waals surface area contributed by atoms with Gasteiger partial charge in [-0.25, -0.2) is 4.39 Å². The molecule has 0 aliphatic heterocycles. The molecule has 0 amide bonds. The van der Waals surface area contributed by atoms with Gasteiger partial charge in [0, 0.05) is 5.56 Å². The standard InChI is InChI=1S/C7H7F2NO2/c8-5-3(7(10)12)1-2-4(11)6(5)9/h1-2,7,11-12H,10H2.